The summed E-state index contributed by atoms with van der Waals surface area (Å²) in [6.07, 6.45) is 0. The van der Waals surface area contributed by atoms with Crippen molar-refractivity contribution in [2.24, 2.45) is 0 Å². The number of hydrogen-bond acceptors (Lipinski definition) is 1. The van der Waals surface area contributed by atoms with E-state index in [1.54, 1.807) is 0 Å². The van der Waals surface area contributed by atoms with E-state index in [4.69, 9.17) is 4.74 Å². The maximum absolute atomic E-state index is 6.39. The van der Waals surface area contributed by atoms with E-state index in [2.05, 4.69) is 104 Å². The van der Waals surface area contributed by atoms with Crippen molar-refractivity contribution < 1.29 is 4.74 Å². The minimum absolute atomic E-state index is 0.552. The van der Waals surface area contributed by atoms with E-state index in [-0.39, 0.29) is 0 Å². The predicted molar refractivity (Wildman–Crippen MR) is 122 cm³/mol. The topological polar surface area (TPSA) is 9.23 Å². The molecule has 0 spiro atoms. The van der Waals surface area contributed by atoms with Crippen LogP contribution in [0.3, 0.4) is 0 Å². The summed E-state index contributed by atoms with van der Waals surface area (Å²) in [4.78, 5) is 0. The number of benzene rings is 5. The third kappa shape index (κ3) is 3.25. The lowest BCUT2D eigenvalue weighted by Gasteiger charge is -2.18. The van der Waals surface area contributed by atoms with Gasteiger partial charge in [0.15, 0.2) is 0 Å². The first-order valence-corrected chi connectivity index (χ1v) is 9.98. The largest absolute Gasteiger partial charge is 0.488 e. The Kier molecular flexibility index (Phi) is 4.50. The molecule has 0 fully saturated rings. The lowest BCUT2D eigenvalue weighted by atomic mass is 9.90. The molecule has 0 aliphatic rings. The van der Waals surface area contributed by atoms with Crippen molar-refractivity contribution in [3.63, 3.8) is 0 Å². The SMILES string of the molecule is Cc1ccc2ccccc2c1-c1c(OCc2ccccc2)ccc2ccccc12. The maximum Gasteiger partial charge on any atom is 0.128 e. The average Bonchev–Trinajstić information content (AvgIpc) is 2.78. The molecule has 0 aromatic heterocycles. The Balaban J connectivity index is 1.75. The molecule has 1 heteroatoms. The van der Waals surface area contributed by atoms with Crippen LogP contribution < -0.4 is 4.74 Å². The van der Waals surface area contributed by atoms with Gasteiger partial charge in [-0.3, -0.25) is 0 Å². The van der Waals surface area contributed by atoms with E-state index in [1.807, 2.05) is 6.07 Å². The molecule has 5 rings (SSSR count). The van der Waals surface area contributed by atoms with E-state index in [0.717, 1.165) is 5.75 Å². The van der Waals surface area contributed by atoms with Crippen molar-refractivity contribution in [3.05, 3.63) is 114 Å². The van der Waals surface area contributed by atoms with Gasteiger partial charge in [-0.2, -0.15) is 0 Å². The number of aryl methyl sites for hydroxylation is 1. The first kappa shape index (κ1) is 17.5. The van der Waals surface area contributed by atoms with Gasteiger partial charge in [0, 0.05) is 5.56 Å². The number of fused-ring (bicyclic) bond motifs is 2. The molecule has 0 amide bonds. The van der Waals surface area contributed by atoms with Gasteiger partial charge in [-0.1, -0.05) is 97.1 Å². The summed E-state index contributed by atoms with van der Waals surface area (Å²) in [6.45, 7) is 2.74. The van der Waals surface area contributed by atoms with E-state index < -0.39 is 0 Å². The third-order valence-corrected chi connectivity index (χ3v) is 5.52. The highest BCUT2D eigenvalue weighted by Gasteiger charge is 2.16. The molecule has 0 radical (unpaired) electrons. The summed E-state index contributed by atoms with van der Waals surface area (Å²) in [5.74, 6) is 0.923. The second-order valence-corrected chi connectivity index (χ2v) is 7.41. The molecule has 0 saturated carbocycles. The Morgan fingerprint density at radius 3 is 1.86 bits per heavy atom. The Morgan fingerprint density at radius 1 is 0.552 bits per heavy atom. The second-order valence-electron chi connectivity index (χ2n) is 7.41. The lowest BCUT2D eigenvalue weighted by molar-refractivity contribution is 0.308. The molecule has 5 aromatic carbocycles. The summed E-state index contributed by atoms with van der Waals surface area (Å²) < 4.78 is 6.39. The molecule has 0 atom stereocenters. The first-order valence-electron chi connectivity index (χ1n) is 9.98. The predicted octanol–water partition coefficient (Wildman–Crippen LogP) is 7.55. The van der Waals surface area contributed by atoms with Crippen molar-refractivity contribution in [2.75, 3.05) is 0 Å². The van der Waals surface area contributed by atoms with Crippen molar-refractivity contribution in [2.45, 2.75) is 13.5 Å². The van der Waals surface area contributed by atoms with E-state index >= 15 is 0 Å². The molecule has 29 heavy (non-hydrogen) atoms. The molecular formula is C28H22O. The van der Waals surface area contributed by atoms with Gasteiger partial charge in [-0.25, -0.2) is 0 Å². The van der Waals surface area contributed by atoms with Gasteiger partial charge in [0.2, 0.25) is 0 Å². The Hall–Kier alpha value is -3.58. The van der Waals surface area contributed by atoms with Crippen LogP contribution in [0.15, 0.2) is 103 Å². The highest BCUT2D eigenvalue weighted by Crippen LogP contribution is 2.42. The molecule has 0 bridgehead atoms. The average molecular weight is 374 g/mol. The monoisotopic (exact) mass is 374 g/mol. The first-order chi connectivity index (χ1) is 14.3. The zero-order chi connectivity index (χ0) is 19.6. The van der Waals surface area contributed by atoms with Crippen molar-refractivity contribution in [1.29, 1.82) is 0 Å². The van der Waals surface area contributed by atoms with Crippen LogP contribution >= 0.6 is 0 Å². The summed E-state index contributed by atoms with van der Waals surface area (Å²) in [6, 6.07) is 36.2. The molecule has 140 valence electrons. The van der Waals surface area contributed by atoms with Crippen LogP contribution in [0.25, 0.3) is 32.7 Å². The smallest absolute Gasteiger partial charge is 0.128 e. The van der Waals surface area contributed by atoms with Crippen LogP contribution in [-0.4, -0.2) is 0 Å². The van der Waals surface area contributed by atoms with Crippen LogP contribution in [0, 0.1) is 6.92 Å². The minimum Gasteiger partial charge on any atom is -0.488 e. The standard InChI is InChI=1S/C28H22O/c1-20-15-16-22-11-5-7-13-24(22)27(20)28-25-14-8-6-12-23(25)17-18-26(28)29-19-21-9-3-2-4-10-21/h2-18H,19H2,1H3. The molecule has 0 aliphatic carbocycles. The highest BCUT2D eigenvalue weighted by atomic mass is 16.5. The van der Waals surface area contributed by atoms with Crippen LogP contribution in [0.4, 0.5) is 0 Å². The summed E-state index contributed by atoms with van der Waals surface area (Å²) in [7, 11) is 0. The van der Waals surface area contributed by atoms with Crippen LogP contribution in [-0.2, 0) is 6.61 Å². The van der Waals surface area contributed by atoms with Gasteiger partial charge in [-0.15, -0.1) is 0 Å². The lowest BCUT2D eigenvalue weighted by Crippen LogP contribution is -1.98. The van der Waals surface area contributed by atoms with Crippen LogP contribution in [0.1, 0.15) is 11.1 Å². The minimum atomic E-state index is 0.552. The molecule has 0 saturated heterocycles. The quantitative estimate of drug-likeness (QED) is 0.315. The zero-order valence-electron chi connectivity index (χ0n) is 16.4. The third-order valence-electron chi connectivity index (χ3n) is 5.52. The summed E-state index contributed by atoms with van der Waals surface area (Å²) in [5.41, 5.74) is 4.85. The van der Waals surface area contributed by atoms with Gasteiger partial charge >= 0.3 is 0 Å². The normalized spacial score (nSPS) is 11.1. The fourth-order valence-electron chi connectivity index (χ4n) is 4.08. The molecule has 0 N–H and O–H groups in total. The van der Waals surface area contributed by atoms with Crippen LogP contribution in [0.5, 0.6) is 5.75 Å². The summed E-state index contributed by atoms with van der Waals surface area (Å²) in [5, 5.41) is 4.95. The molecule has 0 aliphatic heterocycles. The Morgan fingerprint density at radius 2 is 1.14 bits per heavy atom. The number of ether oxygens (including phenoxy) is 1. The zero-order valence-corrected chi connectivity index (χ0v) is 16.4. The molecule has 1 nitrogen and oxygen atoms in total. The highest BCUT2D eigenvalue weighted by molar-refractivity contribution is 6.08. The molecular weight excluding hydrogens is 352 g/mol. The van der Waals surface area contributed by atoms with E-state index in [0.29, 0.717) is 6.61 Å². The van der Waals surface area contributed by atoms with Gasteiger partial charge < -0.3 is 4.74 Å². The van der Waals surface area contributed by atoms with Gasteiger partial charge in [-0.05, 0) is 51.2 Å². The van der Waals surface area contributed by atoms with Gasteiger partial charge in [0.1, 0.15) is 12.4 Å². The number of rotatable bonds is 4. The molecule has 0 unspecified atom stereocenters. The van der Waals surface area contributed by atoms with E-state index in [9.17, 15) is 0 Å². The fourth-order valence-corrected chi connectivity index (χ4v) is 4.08. The van der Waals surface area contributed by atoms with Crippen LogP contribution in [0.2, 0.25) is 0 Å². The fraction of sp³-hybridized carbons (Fsp3) is 0.0714. The van der Waals surface area contributed by atoms with Crippen molar-refractivity contribution in [1.82, 2.24) is 0 Å². The van der Waals surface area contributed by atoms with Crippen molar-refractivity contribution in [3.8, 4) is 16.9 Å². The van der Waals surface area contributed by atoms with E-state index in [1.165, 1.54) is 43.8 Å². The summed E-state index contributed by atoms with van der Waals surface area (Å²) >= 11 is 0. The van der Waals surface area contributed by atoms with Crippen molar-refractivity contribution >= 4 is 21.5 Å². The van der Waals surface area contributed by atoms with Gasteiger partial charge in [0.05, 0.1) is 0 Å². The Labute approximate surface area is 171 Å². The maximum atomic E-state index is 6.39. The molecule has 0 heterocycles. The number of hydrogen-bond donors (Lipinski definition) is 0. The second kappa shape index (κ2) is 7.44. The Bertz CT molecular complexity index is 1300. The van der Waals surface area contributed by atoms with Gasteiger partial charge in [0.25, 0.3) is 0 Å². The molecule has 5 aromatic rings.